The normalized spacial score (nSPS) is 24.3. The van der Waals surface area contributed by atoms with E-state index in [4.69, 9.17) is 4.74 Å². The average molecular weight is 249 g/mol. The molecule has 100 valence electrons. The zero-order valence-corrected chi connectivity index (χ0v) is 11.7. The van der Waals surface area contributed by atoms with E-state index in [2.05, 4.69) is 35.1 Å². The summed E-state index contributed by atoms with van der Waals surface area (Å²) in [5.74, 6) is 0. The molecule has 1 N–H and O–H groups in total. The van der Waals surface area contributed by atoms with Crippen molar-refractivity contribution in [2.75, 3.05) is 25.0 Å². The number of hydrogen-bond donors (Lipinski definition) is 1. The molecule has 1 saturated heterocycles. The highest BCUT2D eigenvalue weighted by atomic mass is 16.5. The molecular weight excluding hydrogens is 226 g/mol. The van der Waals surface area contributed by atoms with Crippen molar-refractivity contribution in [2.24, 2.45) is 0 Å². The highest BCUT2D eigenvalue weighted by Crippen LogP contribution is 2.24. The van der Waals surface area contributed by atoms with Crippen LogP contribution in [0.5, 0.6) is 0 Å². The van der Waals surface area contributed by atoms with Crippen LogP contribution in [-0.2, 0) is 11.3 Å². The van der Waals surface area contributed by atoms with Gasteiger partial charge in [-0.3, -0.25) is 4.98 Å². The molecule has 4 nitrogen and oxygen atoms in total. The van der Waals surface area contributed by atoms with E-state index in [-0.39, 0.29) is 12.2 Å². The summed E-state index contributed by atoms with van der Waals surface area (Å²) in [6.45, 7) is 9.06. The van der Waals surface area contributed by atoms with E-state index in [1.807, 2.05) is 20.2 Å². The van der Waals surface area contributed by atoms with Gasteiger partial charge in [-0.15, -0.1) is 0 Å². The molecule has 1 aromatic heterocycles. The Morgan fingerprint density at radius 3 is 2.67 bits per heavy atom. The fourth-order valence-electron chi connectivity index (χ4n) is 2.57. The van der Waals surface area contributed by atoms with Gasteiger partial charge in [0.25, 0.3) is 0 Å². The molecule has 0 radical (unpaired) electrons. The predicted molar refractivity (Wildman–Crippen MR) is 74.0 cm³/mol. The first-order chi connectivity index (χ1) is 8.60. The summed E-state index contributed by atoms with van der Waals surface area (Å²) in [5, 5.41) is 3.21. The molecule has 0 unspecified atom stereocenters. The Balaban J connectivity index is 2.27. The molecule has 1 aliphatic heterocycles. The number of morpholine rings is 1. The van der Waals surface area contributed by atoms with Crippen molar-refractivity contribution in [1.82, 2.24) is 10.3 Å². The third kappa shape index (κ3) is 3.00. The lowest BCUT2D eigenvalue weighted by Gasteiger charge is -2.37. The summed E-state index contributed by atoms with van der Waals surface area (Å²) in [6, 6.07) is 2.18. The Labute approximate surface area is 109 Å². The maximum atomic E-state index is 5.80. The zero-order chi connectivity index (χ0) is 13.1. The van der Waals surface area contributed by atoms with Crippen LogP contribution in [0.3, 0.4) is 0 Å². The molecule has 1 aliphatic rings. The minimum Gasteiger partial charge on any atom is -0.372 e. The summed E-state index contributed by atoms with van der Waals surface area (Å²) >= 11 is 0. The molecule has 1 aromatic rings. The van der Waals surface area contributed by atoms with Crippen LogP contribution in [0.25, 0.3) is 0 Å². The van der Waals surface area contributed by atoms with Gasteiger partial charge >= 0.3 is 0 Å². The first-order valence-electron chi connectivity index (χ1n) is 6.60. The number of aryl methyl sites for hydroxylation is 1. The van der Waals surface area contributed by atoms with E-state index >= 15 is 0 Å². The van der Waals surface area contributed by atoms with Gasteiger partial charge in [-0.05, 0) is 33.9 Å². The number of aromatic nitrogens is 1. The van der Waals surface area contributed by atoms with Gasteiger partial charge in [0.05, 0.1) is 12.2 Å². The van der Waals surface area contributed by atoms with E-state index < -0.39 is 0 Å². The molecular formula is C14H23N3O. The smallest absolute Gasteiger partial charge is 0.0726 e. The number of nitrogens with zero attached hydrogens (tertiary/aromatic N) is 2. The van der Waals surface area contributed by atoms with Crippen molar-refractivity contribution in [2.45, 2.75) is 39.5 Å². The Bertz CT molecular complexity index is 398. The fraction of sp³-hybridized carbons (Fsp3) is 0.643. The van der Waals surface area contributed by atoms with Gasteiger partial charge in [0.1, 0.15) is 0 Å². The molecule has 0 aliphatic carbocycles. The monoisotopic (exact) mass is 249 g/mol. The number of rotatable bonds is 3. The van der Waals surface area contributed by atoms with Gasteiger partial charge in [-0.2, -0.15) is 0 Å². The maximum absolute atomic E-state index is 5.80. The Hall–Kier alpha value is -1.13. The third-order valence-electron chi connectivity index (χ3n) is 3.23. The first-order valence-corrected chi connectivity index (χ1v) is 6.60. The third-order valence-corrected chi connectivity index (χ3v) is 3.23. The maximum Gasteiger partial charge on any atom is 0.0726 e. The van der Waals surface area contributed by atoms with Crippen LogP contribution in [0.15, 0.2) is 12.3 Å². The van der Waals surface area contributed by atoms with E-state index in [0.717, 1.165) is 25.3 Å². The van der Waals surface area contributed by atoms with E-state index in [9.17, 15) is 0 Å². The molecule has 18 heavy (non-hydrogen) atoms. The van der Waals surface area contributed by atoms with Crippen molar-refractivity contribution in [3.05, 3.63) is 23.5 Å². The van der Waals surface area contributed by atoms with Crippen LogP contribution in [-0.4, -0.2) is 37.3 Å². The number of nitrogens with one attached hydrogen (secondary N) is 1. The van der Waals surface area contributed by atoms with Crippen molar-refractivity contribution in [1.29, 1.82) is 0 Å². The molecule has 2 rings (SSSR count). The lowest BCUT2D eigenvalue weighted by atomic mass is 10.1. The Kier molecular flexibility index (Phi) is 4.19. The van der Waals surface area contributed by atoms with Crippen LogP contribution in [0.1, 0.15) is 25.1 Å². The van der Waals surface area contributed by atoms with E-state index in [1.165, 1.54) is 11.3 Å². The van der Waals surface area contributed by atoms with Crippen LogP contribution >= 0.6 is 0 Å². The second-order valence-corrected chi connectivity index (χ2v) is 5.15. The number of anilines is 1. The van der Waals surface area contributed by atoms with Gasteiger partial charge in [0.15, 0.2) is 0 Å². The van der Waals surface area contributed by atoms with Gasteiger partial charge in [0.2, 0.25) is 0 Å². The number of pyridine rings is 1. The standard InChI is InChI=1S/C14H23N3O/c1-10-5-14(13(6-15-4)7-16-10)17-8-11(2)18-12(3)9-17/h5,7,11-12,15H,6,8-9H2,1-4H3/t11-,12+. The number of ether oxygens (including phenoxy) is 1. The molecule has 1 fully saturated rings. The van der Waals surface area contributed by atoms with Gasteiger partial charge < -0.3 is 15.0 Å². The molecule has 0 amide bonds. The van der Waals surface area contributed by atoms with Crippen molar-refractivity contribution >= 4 is 5.69 Å². The molecule has 2 heterocycles. The van der Waals surface area contributed by atoms with Crippen LogP contribution < -0.4 is 10.2 Å². The molecule has 0 aromatic carbocycles. The minimum absolute atomic E-state index is 0.282. The topological polar surface area (TPSA) is 37.4 Å². The second kappa shape index (κ2) is 5.67. The summed E-state index contributed by atoms with van der Waals surface area (Å²) in [7, 11) is 1.97. The summed E-state index contributed by atoms with van der Waals surface area (Å²) < 4.78 is 5.80. The molecule has 4 heteroatoms. The van der Waals surface area contributed by atoms with Crippen LogP contribution in [0.2, 0.25) is 0 Å². The summed E-state index contributed by atoms with van der Waals surface area (Å²) in [4.78, 5) is 6.81. The average Bonchev–Trinajstić information content (AvgIpc) is 2.30. The predicted octanol–water partition coefficient (Wildman–Crippen LogP) is 1.72. The van der Waals surface area contributed by atoms with Crippen molar-refractivity contribution in [3.63, 3.8) is 0 Å². The fourth-order valence-corrected chi connectivity index (χ4v) is 2.57. The van der Waals surface area contributed by atoms with Gasteiger partial charge in [-0.1, -0.05) is 0 Å². The Morgan fingerprint density at radius 2 is 2.06 bits per heavy atom. The van der Waals surface area contributed by atoms with Crippen molar-refractivity contribution < 1.29 is 4.74 Å². The van der Waals surface area contributed by atoms with E-state index in [0.29, 0.717) is 0 Å². The van der Waals surface area contributed by atoms with Gasteiger partial charge in [-0.25, -0.2) is 0 Å². The van der Waals surface area contributed by atoms with Crippen LogP contribution in [0.4, 0.5) is 5.69 Å². The van der Waals surface area contributed by atoms with Gasteiger partial charge in [0, 0.05) is 42.8 Å². The lowest BCUT2D eigenvalue weighted by Crippen LogP contribution is -2.46. The summed E-state index contributed by atoms with van der Waals surface area (Å²) in [6.07, 6.45) is 2.54. The quantitative estimate of drug-likeness (QED) is 0.885. The van der Waals surface area contributed by atoms with E-state index in [1.54, 1.807) is 0 Å². The SMILES string of the molecule is CNCc1cnc(C)cc1N1C[C@@H](C)O[C@@H](C)C1. The first kappa shape index (κ1) is 13.3. The van der Waals surface area contributed by atoms with Crippen molar-refractivity contribution in [3.8, 4) is 0 Å². The number of hydrogen-bond acceptors (Lipinski definition) is 4. The molecule has 2 atom stereocenters. The van der Waals surface area contributed by atoms with Crippen LogP contribution in [0, 0.1) is 6.92 Å². The molecule has 0 saturated carbocycles. The largest absolute Gasteiger partial charge is 0.372 e. The lowest BCUT2D eigenvalue weighted by molar-refractivity contribution is -0.00527. The molecule has 0 bridgehead atoms. The Morgan fingerprint density at radius 1 is 1.39 bits per heavy atom. The highest BCUT2D eigenvalue weighted by molar-refractivity contribution is 5.54. The zero-order valence-electron chi connectivity index (χ0n) is 11.7. The summed E-state index contributed by atoms with van der Waals surface area (Å²) in [5.41, 5.74) is 3.61. The minimum atomic E-state index is 0.282. The highest BCUT2D eigenvalue weighted by Gasteiger charge is 2.24. The second-order valence-electron chi connectivity index (χ2n) is 5.15. The molecule has 0 spiro atoms.